The van der Waals surface area contributed by atoms with Gasteiger partial charge in [0.15, 0.2) is 0 Å². The maximum Gasteiger partial charge on any atom is 0.270 e. The van der Waals surface area contributed by atoms with Gasteiger partial charge in [0.2, 0.25) is 0 Å². The van der Waals surface area contributed by atoms with E-state index in [0.29, 0.717) is 11.5 Å². The molecule has 0 aliphatic rings. The highest BCUT2D eigenvalue weighted by atomic mass is 16.2. The quantitative estimate of drug-likeness (QED) is 0.770. The summed E-state index contributed by atoms with van der Waals surface area (Å²) in [7, 11) is 1.89. The van der Waals surface area contributed by atoms with Gasteiger partial charge in [0, 0.05) is 25.0 Å². The van der Waals surface area contributed by atoms with Crippen LogP contribution in [0.3, 0.4) is 0 Å². The Hall–Kier alpha value is -2.77. The molecule has 3 heterocycles. The summed E-state index contributed by atoms with van der Waals surface area (Å²) in [6, 6.07) is 1.68. The standard InChI is InChI=1S/C15H19N7O/c1-9(5-12-7-21(4)20-11(12)3)18-14(23)13-6-10(2)19-15-16-8-17-22(13)15/h6-9H,5H2,1-4H3,(H,18,23)/t9-/m0/s1. The van der Waals surface area contributed by atoms with Crippen molar-refractivity contribution in [3.8, 4) is 0 Å². The molecule has 1 amide bonds. The van der Waals surface area contributed by atoms with Crippen molar-refractivity contribution in [1.29, 1.82) is 0 Å². The van der Waals surface area contributed by atoms with E-state index in [0.717, 1.165) is 23.4 Å². The smallest absolute Gasteiger partial charge is 0.270 e. The average Bonchev–Trinajstić information content (AvgIpc) is 3.04. The minimum Gasteiger partial charge on any atom is -0.348 e. The van der Waals surface area contributed by atoms with E-state index < -0.39 is 0 Å². The average molecular weight is 313 g/mol. The van der Waals surface area contributed by atoms with Gasteiger partial charge in [-0.3, -0.25) is 9.48 Å². The van der Waals surface area contributed by atoms with Crippen LogP contribution in [-0.2, 0) is 13.5 Å². The minimum absolute atomic E-state index is 0.0301. The van der Waals surface area contributed by atoms with E-state index in [1.807, 2.05) is 34.0 Å². The molecule has 0 radical (unpaired) electrons. The number of amides is 1. The third kappa shape index (κ3) is 3.05. The van der Waals surface area contributed by atoms with Gasteiger partial charge >= 0.3 is 0 Å². The minimum atomic E-state index is -0.194. The van der Waals surface area contributed by atoms with Gasteiger partial charge in [-0.1, -0.05) is 0 Å². The van der Waals surface area contributed by atoms with E-state index in [-0.39, 0.29) is 11.9 Å². The number of aryl methyl sites for hydroxylation is 3. The van der Waals surface area contributed by atoms with Crippen molar-refractivity contribution < 1.29 is 4.79 Å². The molecule has 120 valence electrons. The lowest BCUT2D eigenvalue weighted by molar-refractivity contribution is 0.0932. The highest BCUT2D eigenvalue weighted by molar-refractivity contribution is 5.93. The molecule has 0 saturated carbocycles. The fourth-order valence-electron chi connectivity index (χ4n) is 2.62. The summed E-state index contributed by atoms with van der Waals surface area (Å²) in [5.41, 5.74) is 3.26. The summed E-state index contributed by atoms with van der Waals surface area (Å²) in [6.45, 7) is 5.76. The summed E-state index contributed by atoms with van der Waals surface area (Å²) in [5, 5.41) is 11.4. The lowest BCUT2D eigenvalue weighted by atomic mass is 10.1. The van der Waals surface area contributed by atoms with E-state index in [2.05, 4.69) is 25.5 Å². The van der Waals surface area contributed by atoms with Gasteiger partial charge in [-0.05, 0) is 38.8 Å². The molecule has 0 bridgehead atoms. The van der Waals surface area contributed by atoms with Crippen LogP contribution in [0.2, 0.25) is 0 Å². The van der Waals surface area contributed by atoms with Crippen LogP contribution in [0.5, 0.6) is 0 Å². The molecule has 0 spiro atoms. The van der Waals surface area contributed by atoms with Crippen molar-refractivity contribution in [3.63, 3.8) is 0 Å². The van der Waals surface area contributed by atoms with Gasteiger partial charge in [-0.25, -0.2) is 4.98 Å². The molecule has 1 N–H and O–H groups in total. The molecule has 0 aromatic carbocycles. The predicted octanol–water partition coefficient (Wildman–Crippen LogP) is 0.836. The van der Waals surface area contributed by atoms with E-state index in [1.54, 1.807) is 10.7 Å². The normalized spacial score (nSPS) is 12.5. The van der Waals surface area contributed by atoms with E-state index in [9.17, 15) is 4.79 Å². The molecule has 8 heteroatoms. The fraction of sp³-hybridized carbons (Fsp3) is 0.400. The Morgan fingerprint density at radius 2 is 2.17 bits per heavy atom. The number of carbonyl (C=O) groups excluding carboxylic acids is 1. The number of carbonyl (C=O) groups is 1. The highest BCUT2D eigenvalue weighted by Gasteiger charge is 2.17. The molecule has 1 atom stereocenters. The van der Waals surface area contributed by atoms with Crippen LogP contribution >= 0.6 is 0 Å². The van der Waals surface area contributed by atoms with Gasteiger partial charge in [-0.15, -0.1) is 0 Å². The third-order valence-corrected chi connectivity index (χ3v) is 3.63. The first-order valence-electron chi connectivity index (χ1n) is 7.41. The summed E-state index contributed by atoms with van der Waals surface area (Å²) < 4.78 is 3.23. The van der Waals surface area contributed by atoms with Crippen molar-refractivity contribution in [2.45, 2.75) is 33.2 Å². The fourth-order valence-corrected chi connectivity index (χ4v) is 2.62. The molecule has 0 aliphatic carbocycles. The van der Waals surface area contributed by atoms with Crippen LogP contribution in [-0.4, -0.2) is 41.3 Å². The Labute approximate surface area is 133 Å². The summed E-state index contributed by atoms with van der Waals surface area (Å²) in [5.74, 6) is 0.228. The van der Waals surface area contributed by atoms with Gasteiger partial charge < -0.3 is 5.32 Å². The number of fused-ring (bicyclic) bond motifs is 1. The number of nitrogens with one attached hydrogen (secondary N) is 1. The predicted molar refractivity (Wildman–Crippen MR) is 84.1 cm³/mol. The largest absolute Gasteiger partial charge is 0.348 e. The lowest BCUT2D eigenvalue weighted by Gasteiger charge is -2.14. The van der Waals surface area contributed by atoms with Gasteiger partial charge in [0.05, 0.1) is 5.69 Å². The van der Waals surface area contributed by atoms with Crippen LogP contribution in [0.25, 0.3) is 5.78 Å². The van der Waals surface area contributed by atoms with Crippen LogP contribution in [0.1, 0.15) is 34.4 Å². The zero-order chi connectivity index (χ0) is 16.6. The maximum absolute atomic E-state index is 12.6. The molecule has 23 heavy (non-hydrogen) atoms. The molecule has 0 fully saturated rings. The topological polar surface area (TPSA) is 90.0 Å². The second-order valence-corrected chi connectivity index (χ2v) is 5.75. The second kappa shape index (κ2) is 5.79. The number of nitrogens with zero attached hydrogens (tertiary/aromatic N) is 6. The molecular formula is C15H19N7O. The Morgan fingerprint density at radius 1 is 1.39 bits per heavy atom. The zero-order valence-corrected chi connectivity index (χ0v) is 13.6. The first kappa shape index (κ1) is 15.1. The van der Waals surface area contributed by atoms with Crippen molar-refractivity contribution in [1.82, 2.24) is 34.7 Å². The van der Waals surface area contributed by atoms with E-state index in [4.69, 9.17) is 0 Å². The molecule has 3 rings (SSSR count). The Kier molecular flexibility index (Phi) is 3.81. The van der Waals surface area contributed by atoms with Gasteiger partial charge in [0.25, 0.3) is 11.7 Å². The van der Waals surface area contributed by atoms with Crippen molar-refractivity contribution in [2.75, 3.05) is 0 Å². The molecule has 8 nitrogen and oxygen atoms in total. The maximum atomic E-state index is 12.6. The van der Waals surface area contributed by atoms with Crippen molar-refractivity contribution >= 4 is 11.7 Å². The zero-order valence-electron chi connectivity index (χ0n) is 13.6. The number of aromatic nitrogens is 6. The van der Waals surface area contributed by atoms with Crippen LogP contribution in [0.15, 0.2) is 18.6 Å². The SMILES string of the molecule is Cc1cc(C(=O)N[C@@H](C)Cc2cn(C)nc2C)n2ncnc2n1. The molecule has 3 aromatic rings. The van der Waals surface area contributed by atoms with Crippen LogP contribution in [0, 0.1) is 13.8 Å². The number of hydrogen-bond donors (Lipinski definition) is 1. The molecule has 0 unspecified atom stereocenters. The Balaban J connectivity index is 1.77. The van der Waals surface area contributed by atoms with Crippen LogP contribution in [0.4, 0.5) is 0 Å². The van der Waals surface area contributed by atoms with E-state index >= 15 is 0 Å². The number of rotatable bonds is 4. The Bertz CT molecular complexity index is 864. The molecule has 3 aromatic heterocycles. The highest BCUT2D eigenvalue weighted by Crippen LogP contribution is 2.09. The summed E-state index contributed by atoms with van der Waals surface area (Å²) in [6.07, 6.45) is 4.08. The lowest BCUT2D eigenvalue weighted by Crippen LogP contribution is -2.35. The van der Waals surface area contributed by atoms with Crippen LogP contribution < -0.4 is 5.32 Å². The Morgan fingerprint density at radius 3 is 2.87 bits per heavy atom. The second-order valence-electron chi connectivity index (χ2n) is 5.75. The number of hydrogen-bond acceptors (Lipinski definition) is 5. The monoisotopic (exact) mass is 313 g/mol. The summed E-state index contributed by atoms with van der Waals surface area (Å²) >= 11 is 0. The van der Waals surface area contributed by atoms with Gasteiger partial charge in [0.1, 0.15) is 12.0 Å². The molecular weight excluding hydrogens is 294 g/mol. The first-order valence-corrected chi connectivity index (χ1v) is 7.41. The first-order chi connectivity index (χ1) is 10.9. The van der Waals surface area contributed by atoms with Crippen molar-refractivity contribution in [2.24, 2.45) is 7.05 Å². The molecule has 0 aliphatic heterocycles. The van der Waals surface area contributed by atoms with Gasteiger partial charge in [-0.2, -0.15) is 19.7 Å². The van der Waals surface area contributed by atoms with Crippen molar-refractivity contribution in [3.05, 3.63) is 41.2 Å². The third-order valence-electron chi connectivity index (χ3n) is 3.63. The molecule has 0 saturated heterocycles. The van der Waals surface area contributed by atoms with E-state index in [1.165, 1.54) is 10.8 Å². The summed E-state index contributed by atoms with van der Waals surface area (Å²) in [4.78, 5) is 20.8.